The number of halogens is 1. The number of aliphatic carboxylic acids is 1. The second kappa shape index (κ2) is 6.53. The van der Waals surface area contributed by atoms with E-state index in [1.165, 1.54) is 38.4 Å². The van der Waals surface area contributed by atoms with E-state index in [1.54, 1.807) is 6.07 Å². The Labute approximate surface area is 109 Å². The van der Waals surface area contributed by atoms with Crippen molar-refractivity contribution in [2.45, 2.75) is 0 Å². The third-order valence-corrected chi connectivity index (χ3v) is 2.34. The SMILES string of the molecule is COc1ccc(/C=C/C(=O)N(C)CC(=O)O)cc1F. The van der Waals surface area contributed by atoms with Gasteiger partial charge in [-0.2, -0.15) is 0 Å². The van der Waals surface area contributed by atoms with Crippen LogP contribution in [0.5, 0.6) is 5.75 Å². The molecule has 0 saturated heterocycles. The molecule has 0 aliphatic heterocycles. The molecule has 1 aromatic carbocycles. The van der Waals surface area contributed by atoms with Gasteiger partial charge in [0.15, 0.2) is 11.6 Å². The molecular formula is C13H14FNO4. The maximum atomic E-state index is 13.4. The van der Waals surface area contributed by atoms with Crippen LogP contribution < -0.4 is 4.74 Å². The van der Waals surface area contributed by atoms with E-state index in [2.05, 4.69) is 0 Å². The first-order chi connectivity index (χ1) is 8.93. The van der Waals surface area contributed by atoms with Gasteiger partial charge in [0.05, 0.1) is 7.11 Å². The van der Waals surface area contributed by atoms with Crippen molar-refractivity contribution >= 4 is 18.0 Å². The summed E-state index contributed by atoms with van der Waals surface area (Å²) in [7, 11) is 2.73. The van der Waals surface area contributed by atoms with Crippen molar-refractivity contribution in [1.29, 1.82) is 0 Å². The lowest BCUT2D eigenvalue weighted by molar-refractivity contribution is -0.141. The van der Waals surface area contributed by atoms with E-state index in [0.717, 1.165) is 4.90 Å². The molecule has 1 rings (SSSR count). The normalized spacial score (nSPS) is 10.5. The summed E-state index contributed by atoms with van der Waals surface area (Å²) in [5.41, 5.74) is 0.482. The zero-order chi connectivity index (χ0) is 14.4. The molecule has 0 heterocycles. The maximum Gasteiger partial charge on any atom is 0.323 e. The molecule has 0 unspecified atom stereocenters. The highest BCUT2D eigenvalue weighted by molar-refractivity contribution is 5.93. The first kappa shape index (κ1) is 14.7. The van der Waals surface area contributed by atoms with E-state index in [4.69, 9.17) is 9.84 Å². The predicted octanol–water partition coefficient (Wildman–Crippen LogP) is 1.39. The molecular weight excluding hydrogens is 253 g/mol. The fraction of sp³-hybridized carbons (Fsp3) is 0.231. The van der Waals surface area contributed by atoms with Crippen LogP contribution >= 0.6 is 0 Å². The minimum Gasteiger partial charge on any atom is -0.494 e. The molecule has 0 radical (unpaired) electrons. The highest BCUT2D eigenvalue weighted by atomic mass is 19.1. The average molecular weight is 267 g/mol. The molecule has 0 aliphatic carbocycles. The largest absolute Gasteiger partial charge is 0.494 e. The van der Waals surface area contributed by atoms with Crippen molar-refractivity contribution in [2.75, 3.05) is 20.7 Å². The summed E-state index contributed by atoms with van der Waals surface area (Å²) < 4.78 is 18.1. The molecule has 5 nitrogen and oxygen atoms in total. The van der Waals surface area contributed by atoms with Crippen molar-refractivity contribution < 1.29 is 23.8 Å². The number of benzene rings is 1. The molecule has 0 spiro atoms. The van der Waals surface area contributed by atoms with E-state index < -0.39 is 17.7 Å². The number of methoxy groups -OCH3 is 1. The zero-order valence-corrected chi connectivity index (χ0v) is 10.6. The van der Waals surface area contributed by atoms with Gasteiger partial charge >= 0.3 is 5.97 Å². The lowest BCUT2D eigenvalue weighted by atomic mass is 10.2. The summed E-state index contributed by atoms with van der Waals surface area (Å²) in [5.74, 6) is -1.99. The van der Waals surface area contributed by atoms with Crippen LogP contribution in [-0.2, 0) is 9.59 Å². The number of carbonyl (C=O) groups excluding carboxylic acids is 1. The summed E-state index contributed by atoms with van der Waals surface area (Å²) in [6.45, 7) is -0.389. The number of hydrogen-bond donors (Lipinski definition) is 1. The molecule has 0 aliphatic rings. The van der Waals surface area contributed by atoms with E-state index in [1.807, 2.05) is 0 Å². The van der Waals surface area contributed by atoms with Gasteiger partial charge in [-0.05, 0) is 23.8 Å². The maximum absolute atomic E-state index is 13.4. The van der Waals surface area contributed by atoms with Gasteiger partial charge in [0.1, 0.15) is 6.54 Å². The van der Waals surface area contributed by atoms with Crippen LogP contribution in [0, 0.1) is 5.82 Å². The number of ether oxygens (including phenoxy) is 1. The number of hydrogen-bond acceptors (Lipinski definition) is 3. The quantitative estimate of drug-likeness (QED) is 0.819. The van der Waals surface area contributed by atoms with Crippen LogP contribution in [0.25, 0.3) is 6.08 Å². The molecule has 1 amide bonds. The van der Waals surface area contributed by atoms with Crippen molar-refractivity contribution in [1.82, 2.24) is 4.90 Å². The van der Waals surface area contributed by atoms with Crippen LogP contribution in [-0.4, -0.2) is 42.6 Å². The Bertz CT molecular complexity index is 513. The molecule has 0 saturated carbocycles. The summed E-state index contributed by atoms with van der Waals surface area (Å²) in [6.07, 6.45) is 2.59. The summed E-state index contributed by atoms with van der Waals surface area (Å²) in [4.78, 5) is 23.0. The number of amides is 1. The Morgan fingerprint density at radius 1 is 1.47 bits per heavy atom. The third kappa shape index (κ3) is 4.42. The number of carboxylic acids is 1. The highest BCUT2D eigenvalue weighted by Crippen LogP contribution is 2.18. The van der Waals surface area contributed by atoms with Crippen LogP contribution in [0.3, 0.4) is 0 Å². The topological polar surface area (TPSA) is 66.8 Å². The number of rotatable bonds is 5. The Morgan fingerprint density at radius 2 is 2.16 bits per heavy atom. The highest BCUT2D eigenvalue weighted by Gasteiger charge is 2.08. The molecule has 1 aromatic rings. The van der Waals surface area contributed by atoms with E-state index in [9.17, 15) is 14.0 Å². The van der Waals surface area contributed by atoms with Gasteiger partial charge in [-0.15, -0.1) is 0 Å². The summed E-state index contributed by atoms with van der Waals surface area (Å²) in [5, 5.41) is 8.53. The second-order valence-corrected chi connectivity index (χ2v) is 3.82. The number of likely N-dealkylation sites (N-methyl/N-ethyl adjacent to an activating group) is 1. The van der Waals surface area contributed by atoms with Crippen molar-refractivity contribution in [3.05, 3.63) is 35.7 Å². The van der Waals surface area contributed by atoms with E-state index >= 15 is 0 Å². The zero-order valence-electron chi connectivity index (χ0n) is 10.6. The van der Waals surface area contributed by atoms with Crippen LogP contribution in [0.1, 0.15) is 5.56 Å². The molecule has 102 valence electrons. The predicted molar refractivity (Wildman–Crippen MR) is 67.3 cm³/mol. The number of carboxylic acid groups (broad SMARTS) is 1. The van der Waals surface area contributed by atoms with Gasteiger partial charge in [-0.1, -0.05) is 6.07 Å². The number of carbonyl (C=O) groups is 2. The molecule has 1 N–H and O–H groups in total. The van der Waals surface area contributed by atoms with E-state index in [-0.39, 0.29) is 12.3 Å². The van der Waals surface area contributed by atoms with E-state index in [0.29, 0.717) is 5.56 Å². The third-order valence-electron chi connectivity index (χ3n) is 2.34. The fourth-order valence-electron chi connectivity index (χ4n) is 1.36. The standard InChI is InChI=1S/C13H14FNO4/c1-15(8-13(17)18)12(16)6-4-9-3-5-11(19-2)10(14)7-9/h3-7H,8H2,1-2H3,(H,17,18)/b6-4+. The van der Waals surface area contributed by atoms with Crippen LogP contribution in [0.15, 0.2) is 24.3 Å². The Balaban J connectivity index is 2.73. The minimum absolute atomic E-state index is 0.117. The van der Waals surface area contributed by atoms with Crippen molar-refractivity contribution in [2.24, 2.45) is 0 Å². The fourth-order valence-corrected chi connectivity index (χ4v) is 1.36. The summed E-state index contributed by atoms with van der Waals surface area (Å²) in [6, 6.07) is 4.25. The van der Waals surface area contributed by atoms with Crippen molar-refractivity contribution in [3.63, 3.8) is 0 Å². The second-order valence-electron chi connectivity index (χ2n) is 3.82. The molecule has 6 heteroatoms. The molecule has 0 atom stereocenters. The first-order valence-electron chi connectivity index (χ1n) is 5.42. The Kier molecular flexibility index (Phi) is 5.05. The molecule has 0 aromatic heterocycles. The van der Waals surface area contributed by atoms with Gasteiger partial charge < -0.3 is 14.7 Å². The van der Waals surface area contributed by atoms with Gasteiger partial charge in [-0.3, -0.25) is 9.59 Å². The average Bonchev–Trinajstić information content (AvgIpc) is 2.35. The smallest absolute Gasteiger partial charge is 0.323 e. The lowest BCUT2D eigenvalue weighted by Gasteiger charge is -2.11. The van der Waals surface area contributed by atoms with Gasteiger partial charge in [0.2, 0.25) is 5.91 Å². The first-order valence-corrected chi connectivity index (χ1v) is 5.42. The van der Waals surface area contributed by atoms with Gasteiger partial charge in [-0.25, -0.2) is 4.39 Å². The minimum atomic E-state index is -1.10. The van der Waals surface area contributed by atoms with Crippen LogP contribution in [0.2, 0.25) is 0 Å². The Morgan fingerprint density at radius 3 is 2.68 bits per heavy atom. The molecule has 0 bridgehead atoms. The van der Waals surface area contributed by atoms with Crippen molar-refractivity contribution in [3.8, 4) is 5.75 Å². The molecule has 0 fully saturated rings. The van der Waals surface area contributed by atoms with Gasteiger partial charge in [0, 0.05) is 13.1 Å². The molecule has 19 heavy (non-hydrogen) atoms. The monoisotopic (exact) mass is 267 g/mol. The van der Waals surface area contributed by atoms with Crippen LogP contribution in [0.4, 0.5) is 4.39 Å². The van der Waals surface area contributed by atoms with Gasteiger partial charge in [0.25, 0.3) is 0 Å². The Hall–Kier alpha value is -2.37. The number of nitrogens with zero attached hydrogens (tertiary/aromatic N) is 1. The summed E-state index contributed by atoms with van der Waals surface area (Å²) >= 11 is 0. The lowest BCUT2D eigenvalue weighted by Crippen LogP contribution is -2.30.